The smallest absolute Gasteiger partial charge is 0.256 e. The second kappa shape index (κ2) is 6.57. The molecule has 1 aromatic carbocycles. The fourth-order valence-corrected chi connectivity index (χ4v) is 4.12. The van der Waals surface area contributed by atoms with Crippen molar-refractivity contribution in [2.24, 2.45) is 0 Å². The number of methoxy groups -OCH3 is 1. The van der Waals surface area contributed by atoms with Crippen LogP contribution in [0.5, 0.6) is 0 Å². The van der Waals surface area contributed by atoms with Gasteiger partial charge in [-0.1, -0.05) is 18.2 Å². The van der Waals surface area contributed by atoms with Crippen molar-refractivity contribution in [3.8, 4) is 0 Å². The molecule has 2 aromatic rings. The van der Waals surface area contributed by atoms with E-state index in [-0.39, 0.29) is 18.1 Å². The third kappa shape index (κ3) is 2.62. The van der Waals surface area contributed by atoms with Gasteiger partial charge in [0.15, 0.2) is 0 Å². The van der Waals surface area contributed by atoms with Crippen LogP contribution in [0.15, 0.2) is 30.5 Å². The minimum absolute atomic E-state index is 0.141. The van der Waals surface area contributed by atoms with Crippen molar-refractivity contribution in [3.63, 3.8) is 0 Å². The van der Waals surface area contributed by atoms with Crippen LogP contribution >= 0.6 is 0 Å². The molecule has 2 heterocycles. The number of amides is 1. The molecule has 2 aliphatic rings. The second-order valence-corrected chi connectivity index (χ2v) is 6.65. The van der Waals surface area contributed by atoms with Gasteiger partial charge in [0.25, 0.3) is 5.91 Å². The molecule has 1 aliphatic heterocycles. The zero-order valence-corrected chi connectivity index (χ0v) is 14.1. The molecule has 24 heavy (non-hydrogen) atoms. The zero-order valence-electron chi connectivity index (χ0n) is 14.1. The summed E-state index contributed by atoms with van der Waals surface area (Å²) in [5.74, 6) is 0.141. The lowest BCUT2D eigenvalue weighted by molar-refractivity contribution is -0.0444. The molecule has 1 amide bonds. The highest BCUT2D eigenvalue weighted by atomic mass is 16.5. The van der Waals surface area contributed by atoms with Gasteiger partial charge in [0.05, 0.1) is 30.9 Å². The number of nitrogens with zero attached hydrogens (tertiary/aromatic N) is 2. The molecule has 2 atom stereocenters. The number of morpholine rings is 1. The van der Waals surface area contributed by atoms with E-state index in [9.17, 15) is 4.79 Å². The predicted molar refractivity (Wildman–Crippen MR) is 92.2 cm³/mol. The molecule has 1 saturated carbocycles. The topological polar surface area (TPSA) is 43.7 Å². The van der Waals surface area contributed by atoms with Gasteiger partial charge in [0.2, 0.25) is 0 Å². The Bertz CT molecular complexity index is 739. The van der Waals surface area contributed by atoms with E-state index in [1.54, 1.807) is 7.11 Å². The monoisotopic (exact) mass is 328 g/mol. The van der Waals surface area contributed by atoms with Crippen molar-refractivity contribution >= 4 is 16.8 Å². The number of hydrogen-bond donors (Lipinski definition) is 0. The van der Waals surface area contributed by atoms with E-state index in [0.717, 1.165) is 42.3 Å². The molecular weight excluding hydrogens is 304 g/mol. The first-order chi connectivity index (χ1) is 11.8. The van der Waals surface area contributed by atoms with E-state index in [1.807, 2.05) is 29.3 Å². The molecule has 1 saturated heterocycles. The van der Waals surface area contributed by atoms with E-state index in [0.29, 0.717) is 19.8 Å². The molecule has 1 aliphatic carbocycles. The Morgan fingerprint density at radius 2 is 2.21 bits per heavy atom. The summed E-state index contributed by atoms with van der Waals surface area (Å²) in [4.78, 5) is 15.3. The lowest BCUT2D eigenvalue weighted by atomic mass is 10.1. The molecule has 1 aromatic heterocycles. The third-order valence-electron chi connectivity index (χ3n) is 5.30. The predicted octanol–water partition coefficient (Wildman–Crippen LogP) is 2.68. The Morgan fingerprint density at radius 1 is 1.33 bits per heavy atom. The van der Waals surface area contributed by atoms with Crippen molar-refractivity contribution in [1.29, 1.82) is 0 Å². The minimum Gasteiger partial charge on any atom is -0.383 e. The standard InChI is InChI=1S/C19H24N2O3/c1-23-11-9-20-13-15(14-5-2-3-6-16(14)20)19(22)21-10-12-24-18-8-4-7-17(18)21/h2-3,5-6,13,17-18H,4,7-12H2,1H3. The minimum atomic E-state index is 0.141. The lowest BCUT2D eigenvalue weighted by Gasteiger charge is -2.37. The first-order valence-electron chi connectivity index (χ1n) is 8.79. The molecule has 4 rings (SSSR count). The Labute approximate surface area is 142 Å². The van der Waals surface area contributed by atoms with Gasteiger partial charge >= 0.3 is 0 Å². The van der Waals surface area contributed by atoms with Crippen LogP contribution in [0.4, 0.5) is 0 Å². The van der Waals surface area contributed by atoms with Gasteiger partial charge in [-0.3, -0.25) is 4.79 Å². The van der Waals surface area contributed by atoms with E-state index in [4.69, 9.17) is 9.47 Å². The Morgan fingerprint density at radius 3 is 3.08 bits per heavy atom. The molecule has 128 valence electrons. The highest BCUT2D eigenvalue weighted by Crippen LogP contribution is 2.32. The number of carbonyl (C=O) groups is 1. The van der Waals surface area contributed by atoms with Crippen LogP contribution in [-0.2, 0) is 16.0 Å². The molecule has 0 spiro atoms. The molecule has 0 bridgehead atoms. The summed E-state index contributed by atoms with van der Waals surface area (Å²) < 4.78 is 13.2. The maximum atomic E-state index is 13.3. The molecule has 2 fully saturated rings. The van der Waals surface area contributed by atoms with Crippen molar-refractivity contribution in [2.45, 2.75) is 38.0 Å². The van der Waals surface area contributed by atoms with Crippen molar-refractivity contribution in [3.05, 3.63) is 36.0 Å². The quantitative estimate of drug-likeness (QED) is 0.867. The highest BCUT2D eigenvalue weighted by Gasteiger charge is 2.39. The number of rotatable bonds is 4. The van der Waals surface area contributed by atoms with E-state index in [2.05, 4.69) is 10.6 Å². The van der Waals surface area contributed by atoms with Crippen LogP contribution in [0.1, 0.15) is 29.6 Å². The first-order valence-corrected chi connectivity index (χ1v) is 8.79. The zero-order chi connectivity index (χ0) is 16.5. The van der Waals surface area contributed by atoms with Gasteiger partial charge in [-0.15, -0.1) is 0 Å². The fourth-order valence-electron chi connectivity index (χ4n) is 4.12. The van der Waals surface area contributed by atoms with E-state index >= 15 is 0 Å². The van der Waals surface area contributed by atoms with Gasteiger partial charge in [0.1, 0.15) is 0 Å². The highest BCUT2D eigenvalue weighted by molar-refractivity contribution is 6.07. The number of fused-ring (bicyclic) bond motifs is 2. The fraction of sp³-hybridized carbons (Fsp3) is 0.526. The maximum absolute atomic E-state index is 13.3. The Kier molecular flexibility index (Phi) is 4.29. The third-order valence-corrected chi connectivity index (χ3v) is 5.30. The van der Waals surface area contributed by atoms with Crippen LogP contribution in [0.25, 0.3) is 10.9 Å². The van der Waals surface area contributed by atoms with E-state index in [1.165, 1.54) is 0 Å². The SMILES string of the molecule is COCCn1cc(C(=O)N2CCOC3CCCC32)c2ccccc21. The molecule has 5 nitrogen and oxygen atoms in total. The number of aromatic nitrogens is 1. The normalized spacial score (nSPS) is 23.6. The number of para-hydroxylation sites is 1. The summed E-state index contributed by atoms with van der Waals surface area (Å²) in [6.07, 6.45) is 5.49. The average Bonchev–Trinajstić information content (AvgIpc) is 3.24. The summed E-state index contributed by atoms with van der Waals surface area (Å²) in [6.45, 7) is 2.72. The largest absolute Gasteiger partial charge is 0.383 e. The molecule has 0 N–H and O–H groups in total. The van der Waals surface area contributed by atoms with Crippen molar-refractivity contribution in [1.82, 2.24) is 9.47 Å². The van der Waals surface area contributed by atoms with Crippen LogP contribution in [0, 0.1) is 0 Å². The average molecular weight is 328 g/mol. The van der Waals surface area contributed by atoms with Crippen molar-refractivity contribution in [2.75, 3.05) is 26.9 Å². The Hall–Kier alpha value is -1.85. The van der Waals surface area contributed by atoms with Crippen molar-refractivity contribution < 1.29 is 14.3 Å². The molecular formula is C19H24N2O3. The number of ether oxygens (including phenoxy) is 2. The van der Waals surface area contributed by atoms with Gasteiger partial charge in [-0.25, -0.2) is 0 Å². The lowest BCUT2D eigenvalue weighted by Crippen LogP contribution is -2.51. The number of hydrogen-bond acceptors (Lipinski definition) is 3. The molecule has 2 unspecified atom stereocenters. The maximum Gasteiger partial charge on any atom is 0.256 e. The summed E-state index contributed by atoms with van der Waals surface area (Å²) >= 11 is 0. The van der Waals surface area contributed by atoms with Gasteiger partial charge in [-0.2, -0.15) is 0 Å². The summed E-state index contributed by atoms with van der Waals surface area (Å²) in [6, 6.07) is 8.36. The first kappa shape index (κ1) is 15.7. The number of carbonyl (C=O) groups excluding carboxylic acids is 1. The van der Waals surface area contributed by atoms with Gasteiger partial charge in [0, 0.05) is 37.3 Å². The molecule has 0 radical (unpaired) electrons. The van der Waals surface area contributed by atoms with Crippen LogP contribution < -0.4 is 0 Å². The van der Waals surface area contributed by atoms with Crippen LogP contribution in [-0.4, -0.2) is 54.4 Å². The summed E-state index contributed by atoms with van der Waals surface area (Å²) in [7, 11) is 1.70. The summed E-state index contributed by atoms with van der Waals surface area (Å²) in [5, 5.41) is 1.03. The van der Waals surface area contributed by atoms with Gasteiger partial charge < -0.3 is 18.9 Å². The van der Waals surface area contributed by atoms with Gasteiger partial charge in [-0.05, 0) is 25.3 Å². The number of benzene rings is 1. The second-order valence-electron chi connectivity index (χ2n) is 6.65. The Balaban J connectivity index is 1.69. The summed E-state index contributed by atoms with van der Waals surface area (Å²) in [5.41, 5.74) is 1.89. The molecule has 5 heteroatoms. The van der Waals surface area contributed by atoms with Crippen LogP contribution in [0.3, 0.4) is 0 Å². The van der Waals surface area contributed by atoms with Crippen LogP contribution in [0.2, 0.25) is 0 Å². The van der Waals surface area contributed by atoms with E-state index < -0.39 is 0 Å².